The molecule has 3 aromatic carbocycles. The zero-order valence-corrected chi connectivity index (χ0v) is 45.9. The van der Waals surface area contributed by atoms with Crippen LogP contribution in [0.2, 0.25) is 0 Å². The van der Waals surface area contributed by atoms with E-state index in [2.05, 4.69) is 68.4 Å². The first-order chi connectivity index (χ1) is 36.1. The maximum atomic E-state index is 14.9. The van der Waals surface area contributed by atoms with Gasteiger partial charge in [-0.25, -0.2) is 28.4 Å². The van der Waals surface area contributed by atoms with E-state index in [1.807, 2.05) is 65.0 Å². The second-order valence-electron chi connectivity index (χ2n) is 22.3. The van der Waals surface area contributed by atoms with Crippen molar-refractivity contribution in [2.45, 2.75) is 147 Å². The summed E-state index contributed by atoms with van der Waals surface area (Å²) in [6.07, 6.45) is 6.67. The Kier molecular flexibility index (Phi) is 15.1. The Balaban J connectivity index is 0.914. The van der Waals surface area contributed by atoms with E-state index in [1.165, 1.54) is 18.2 Å². The lowest BCUT2D eigenvalue weighted by Crippen LogP contribution is -2.62. The van der Waals surface area contributed by atoms with Crippen LogP contribution in [0.3, 0.4) is 0 Å². The molecule has 1 aliphatic carbocycles. The van der Waals surface area contributed by atoms with Crippen molar-refractivity contribution < 1.29 is 32.3 Å². The molecule has 0 saturated carbocycles. The van der Waals surface area contributed by atoms with Crippen molar-refractivity contribution in [3.8, 4) is 17.4 Å². The number of ether oxygens (including phenoxy) is 2. The zero-order chi connectivity index (χ0) is 54.3. The molecule has 3 amide bonds. The molecule has 3 aromatic heterocycles. The number of aromatic nitrogens is 6. The molecule has 19 nitrogen and oxygen atoms in total. The van der Waals surface area contributed by atoms with Crippen LogP contribution in [0.5, 0.6) is 17.4 Å². The highest BCUT2D eigenvalue weighted by atomic mass is 32.2. The molecule has 3 aliphatic rings. The van der Waals surface area contributed by atoms with Gasteiger partial charge in [-0.3, -0.25) is 19.5 Å². The van der Waals surface area contributed by atoms with Crippen LogP contribution >= 0.6 is 0 Å². The van der Waals surface area contributed by atoms with Crippen molar-refractivity contribution in [2.75, 3.05) is 30.4 Å². The smallest absolute Gasteiger partial charge is 0.246 e. The number of rotatable bonds is 14. The highest BCUT2D eigenvalue weighted by Gasteiger charge is 2.43. The van der Waals surface area contributed by atoms with Crippen LogP contribution in [0.25, 0.3) is 10.9 Å². The Morgan fingerprint density at radius 1 is 0.855 bits per heavy atom. The molecule has 9 rings (SSSR count). The number of aromatic amines is 1. The molecule has 6 aromatic rings. The van der Waals surface area contributed by atoms with E-state index in [0.717, 1.165) is 47.2 Å². The Bertz CT molecular complexity index is 3270. The highest BCUT2D eigenvalue weighted by Crippen LogP contribution is 2.40. The monoisotopic (exact) mass is 1050 g/mol. The molecule has 1 fully saturated rings. The number of benzene rings is 3. The van der Waals surface area contributed by atoms with Crippen molar-refractivity contribution in [1.82, 2.24) is 51.0 Å². The number of likely N-dealkylation sites (N-methyl/N-ethyl adjacent to an activating group) is 1. The van der Waals surface area contributed by atoms with Crippen LogP contribution < -0.4 is 35.6 Å². The third kappa shape index (κ3) is 11.2. The minimum absolute atomic E-state index is 0.0608. The summed E-state index contributed by atoms with van der Waals surface area (Å²) in [6.45, 7) is 17.5. The fourth-order valence-corrected chi connectivity index (χ4v) is 11.4. The zero-order valence-electron chi connectivity index (χ0n) is 45.1. The topological polar surface area (TPSA) is 239 Å². The number of nitrogens with zero attached hydrogens (tertiary/aromatic N) is 7. The molecule has 0 bridgehead atoms. The molecule has 20 heteroatoms. The van der Waals surface area contributed by atoms with E-state index >= 15 is 0 Å². The predicted molar refractivity (Wildman–Crippen MR) is 290 cm³/mol. The van der Waals surface area contributed by atoms with Crippen LogP contribution in [0.1, 0.15) is 114 Å². The highest BCUT2D eigenvalue weighted by molar-refractivity contribution is 7.92. The Morgan fingerprint density at radius 3 is 2.32 bits per heavy atom. The second kappa shape index (κ2) is 21.4. The summed E-state index contributed by atoms with van der Waals surface area (Å²) < 4.78 is 40.3. The average molecular weight is 1060 g/mol. The summed E-state index contributed by atoms with van der Waals surface area (Å²) in [6, 6.07) is 16.4. The number of carbonyl (C=O) groups is 3. The van der Waals surface area contributed by atoms with Crippen molar-refractivity contribution in [1.29, 1.82) is 0 Å². The van der Waals surface area contributed by atoms with Gasteiger partial charge in [-0.2, -0.15) is 5.10 Å². The summed E-state index contributed by atoms with van der Waals surface area (Å²) in [7, 11) is -2.21. The number of hydrogen-bond acceptors (Lipinski definition) is 15. The number of nitrogens with one attached hydrogen (secondary N) is 5. The lowest BCUT2D eigenvalue weighted by Gasteiger charge is -2.41. The first-order valence-electron chi connectivity index (χ1n) is 26.1. The van der Waals surface area contributed by atoms with Crippen molar-refractivity contribution in [3.63, 3.8) is 0 Å². The maximum absolute atomic E-state index is 14.9. The normalized spacial score (nSPS) is 18.0. The molecule has 0 unspecified atom stereocenters. The van der Waals surface area contributed by atoms with Crippen LogP contribution in [0.4, 0.5) is 17.5 Å². The molecular weight excluding hydrogens is 985 g/mol. The summed E-state index contributed by atoms with van der Waals surface area (Å²) in [4.78, 5) is 64.5. The van der Waals surface area contributed by atoms with E-state index in [1.54, 1.807) is 57.8 Å². The molecule has 76 heavy (non-hydrogen) atoms. The minimum atomic E-state index is -3.90. The van der Waals surface area contributed by atoms with Gasteiger partial charge in [-0.15, -0.1) is 0 Å². The van der Waals surface area contributed by atoms with Gasteiger partial charge in [0.2, 0.25) is 23.6 Å². The molecular formula is C56H70N12O7S. The van der Waals surface area contributed by atoms with Gasteiger partial charge < -0.3 is 40.5 Å². The minimum Gasteiger partial charge on any atom is -0.489 e. The quantitative estimate of drug-likeness (QED) is 0.0710. The van der Waals surface area contributed by atoms with Gasteiger partial charge >= 0.3 is 0 Å². The van der Waals surface area contributed by atoms with Gasteiger partial charge in [0.25, 0.3) is 0 Å². The van der Waals surface area contributed by atoms with E-state index in [4.69, 9.17) is 9.47 Å². The standard InChI is InChI=1S/C56H70N12O7S/c1-32-33(2)65-66-50(32)64-51-41-26-46(76(72,73)56(7,8)9)45(27-43(41)58-30-61-51)74-38-20-22-67(23-21-38)47-28-48(60-31-59-47)75-39-19-18-36-25-44(53(70)62-42-17-13-15-35-14-11-12-16-40(35)42)68(29-37(36)24-39)54(71)49(55(4,5)6)63-52(69)34(3)57-10/h11-12,14,16,18-19,24,26-28,30-31,34,38,42,44,49,57H,13,15,17,20-23,25,29H2,1-10H3,(H,62,70)(H,63,69)(H2,58,61,64,65,66)/t34-,42+,44-,49+/m0/s1. The van der Waals surface area contributed by atoms with Gasteiger partial charge in [0, 0.05) is 67.7 Å². The number of piperidine rings is 1. The van der Waals surface area contributed by atoms with Gasteiger partial charge in [0.1, 0.15) is 58.9 Å². The van der Waals surface area contributed by atoms with Gasteiger partial charge in [0.15, 0.2) is 15.7 Å². The predicted octanol–water partition coefficient (Wildman–Crippen LogP) is 7.50. The summed E-state index contributed by atoms with van der Waals surface area (Å²) >= 11 is 0. The molecule has 402 valence electrons. The first-order valence-corrected chi connectivity index (χ1v) is 27.6. The second-order valence-corrected chi connectivity index (χ2v) is 25.0. The Hall–Kier alpha value is -7.19. The number of hydrogen-bond donors (Lipinski definition) is 5. The van der Waals surface area contributed by atoms with Gasteiger partial charge in [0.05, 0.1) is 22.3 Å². The molecule has 1 saturated heterocycles. The number of fused-ring (bicyclic) bond motifs is 3. The Morgan fingerprint density at radius 2 is 1.61 bits per heavy atom. The fourth-order valence-electron chi connectivity index (χ4n) is 10.1. The largest absolute Gasteiger partial charge is 0.489 e. The van der Waals surface area contributed by atoms with Crippen molar-refractivity contribution >= 4 is 55.9 Å². The molecule has 0 spiro atoms. The molecule has 0 radical (unpaired) electrons. The average Bonchev–Trinajstić information content (AvgIpc) is 3.71. The summed E-state index contributed by atoms with van der Waals surface area (Å²) in [5.41, 5.74) is 5.68. The number of H-pyrrole nitrogens is 1. The summed E-state index contributed by atoms with van der Waals surface area (Å²) in [5, 5.41) is 20.3. The van der Waals surface area contributed by atoms with Crippen LogP contribution in [-0.4, -0.2) is 110 Å². The number of aryl methyl sites for hydroxylation is 2. The fraction of sp³-hybridized carbons (Fsp3) is 0.464. The number of sulfone groups is 1. The van der Waals surface area contributed by atoms with E-state index in [0.29, 0.717) is 65.9 Å². The van der Waals surface area contributed by atoms with Crippen LogP contribution in [-0.2, 0) is 43.6 Å². The third-order valence-corrected chi connectivity index (χ3v) is 17.5. The number of carbonyl (C=O) groups excluding carboxylic acids is 3. The lowest BCUT2D eigenvalue weighted by molar-refractivity contribution is -0.147. The van der Waals surface area contributed by atoms with Crippen molar-refractivity contribution in [3.05, 3.63) is 107 Å². The van der Waals surface area contributed by atoms with Gasteiger partial charge in [-0.05, 0) is 114 Å². The molecule has 5 N–H and O–H groups in total. The first kappa shape index (κ1) is 53.6. The van der Waals surface area contributed by atoms with Crippen LogP contribution in [0.15, 0.2) is 78.2 Å². The summed E-state index contributed by atoms with van der Waals surface area (Å²) in [5.74, 6) is 1.79. The molecule has 2 aliphatic heterocycles. The van der Waals surface area contributed by atoms with Crippen LogP contribution in [0, 0.1) is 19.3 Å². The van der Waals surface area contributed by atoms with Crippen molar-refractivity contribution in [2.24, 2.45) is 5.41 Å². The Labute approximate surface area is 444 Å². The maximum Gasteiger partial charge on any atom is 0.246 e. The SMILES string of the molecule is CN[C@@H](C)C(=O)N[C@H](C(=O)N1Cc2cc(Oc3cc(N4CCC(Oc5cc6ncnc(Nc7n[nH]c(C)c7C)c6cc5S(=O)(=O)C(C)(C)C)CC4)ncn3)ccc2C[C@H]1C(=O)N[C@@H]1CCCc2ccccc21)C(C)(C)C. The molecule has 4 atom stereocenters. The van der Waals surface area contributed by atoms with E-state index in [9.17, 15) is 22.8 Å². The van der Waals surface area contributed by atoms with E-state index < -0.39 is 38.1 Å². The third-order valence-electron chi connectivity index (χ3n) is 15.0. The lowest BCUT2D eigenvalue weighted by atomic mass is 9.83. The number of amides is 3. The van der Waals surface area contributed by atoms with Gasteiger partial charge in [-0.1, -0.05) is 51.1 Å². The van der Waals surface area contributed by atoms with E-state index in [-0.39, 0.29) is 53.5 Å². The molecule has 5 heterocycles. The number of anilines is 3.